The van der Waals surface area contributed by atoms with Crippen molar-refractivity contribution in [1.29, 1.82) is 0 Å². The van der Waals surface area contributed by atoms with Crippen molar-refractivity contribution in [2.45, 2.75) is 20.8 Å². The van der Waals surface area contributed by atoms with Crippen LogP contribution in [-0.2, 0) is 0 Å². The van der Waals surface area contributed by atoms with Crippen LogP contribution in [-0.4, -0.2) is 6.71 Å². The van der Waals surface area contributed by atoms with Gasteiger partial charge < -0.3 is 0 Å². The van der Waals surface area contributed by atoms with E-state index in [1.165, 1.54) is 12.1 Å². The van der Waals surface area contributed by atoms with Gasteiger partial charge in [0.2, 0.25) is 0 Å². The summed E-state index contributed by atoms with van der Waals surface area (Å²) in [6.07, 6.45) is 0. The highest BCUT2D eigenvalue weighted by Gasteiger charge is 2.34. The molecule has 0 spiro atoms. The minimum atomic E-state index is -1.22. The van der Waals surface area contributed by atoms with Crippen molar-refractivity contribution in [3.63, 3.8) is 0 Å². The molecule has 0 saturated heterocycles. The first-order valence-corrected chi connectivity index (χ1v) is 8.26. The summed E-state index contributed by atoms with van der Waals surface area (Å²) in [5, 5.41) is 0. The molecule has 0 saturated carbocycles. The Morgan fingerprint density at radius 2 is 0.923 bits per heavy atom. The van der Waals surface area contributed by atoms with Gasteiger partial charge >= 0.3 is 0 Å². The van der Waals surface area contributed by atoms with Crippen LogP contribution in [0.5, 0.6) is 0 Å². The predicted molar refractivity (Wildman–Crippen MR) is 98.0 cm³/mol. The zero-order valence-corrected chi connectivity index (χ0v) is 14.7. The first-order chi connectivity index (χ1) is 12.3. The van der Waals surface area contributed by atoms with Crippen LogP contribution < -0.4 is 16.4 Å². The maximum atomic E-state index is 14.6. The van der Waals surface area contributed by atoms with Gasteiger partial charge in [0.1, 0.15) is 23.3 Å². The van der Waals surface area contributed by atoms with Crippen molar-refractivity contribution in [3.8, 4) is 0 Å². The summed E-state index contributed by atoms with van der Waals surface area (Å²) in [5.74, 6) is -3.34. The molecule has 0 N–H and O–H groups in total. The second kappa shape index (κ2) is 6.98. The van der Waals surface area contributed by atoms with E-state index in [0.717, 1.165) is 41.0 Å². The molecule has 0 amide bonds. The van der Waals surface area contributed by atoms with Crippen LogP contribution in [0.2, 0.25) is 0 Å². The summed E-state index contributed by atoms with van der Waals surface area (Å²) in [6, 6.07) is 10.5. The molecule has 0 fully saturated rings. The fourth-order valence-electron chi connectivity index (χ4n) is 3.65. The van der Waals surface area contributed by atoms with Gasteiger partial charge in [0.25, 0.3) is 6.71 Å². The Balaban J connectivity index is 2.43. The third-order valence-electron chi connectivity index (χ3n) is 4.60. The van der Waals surface area contributed by atoms with Crippen LogP contribution in [0.3, 0.4) is 0 Å². The zero-order chi connectivity index (χ0) is 19.0. The Morgan fingerprint density at radius 1 is 0.577 bits per heavy atom. The molecule has 0 radical (unpaired) electrons. The first kappa shape index (κ1) is 18.2. The van der Waals surface area contributed by atoms with Crippen molar-refractivity contribution in [2.24, 2.45) is 0 Å². The summed E-state index contributed by atoms with van der Waals surface area (Å²) in [4.78, 5) is 0. The molecular weight excluding hydrogens is 339 g/mol. The largest absolute Gasteiger partial charge is 0.257 e. The average Bonchev–Trinajstić information content (AvgIpc) is 2.53. The zero-order valence-electron chi connectivity index (χ0n) is 14.7. The normalized spacial score (nSPS) is 10.9. The Morgan fingerprint density at radius 3 is 1.27 bits per heavy atom. The number of aryl methyl sites for hydroxylation is 3. The summed E-state index contributed by atoms with van der Waals surface area (Å²) >= 11 is 0. The first-order valence-electron chi connectivity index (χ1n) is 8.26. The molecule has 0 aromatic heterocycles. The maximum Gasteiger partial charge on any atom is 0.257 e. The van der Waals surface area contributed by atoms with Crippen LogP contribution in [0.15, 0.2) is 48.5 Å². The molecule has 3 aromatic rings. The van der Waals surface area contributed by atoms with E-state index in [4.69, 9.17) is 0 Å². The molecule has 0 bridgehead atoms. The Hall–Kier alpha value is -2.56. The number of hydrogen-bond donors (Lipinski definition) is 0. The molecule has 3 aromatic carbocycles. The third-order valence-corrected chi connectivity index (χ3v) is 4.60. The Labute approximate surface area is 150 Å². The van der Waals surface area contributed by atoms with Gasteiger partial charge in [-0.05, 0) is 45.0 Å². The summed E-state index contributed by atoms with van der Waals surface area (Å²) < 4.78 is 58.4. The topological polar surface area (TPSA) is 0 Å². The highest BCUT2D eigenvalue weighted by molar-refractivity contribution is 6.96. The van der Waals surface area contributed by atoms with E-state index in [1.807, 2.05) is 19.1 Å². The van der Waals surface area contributed by atoms with Crippen molar-refractivity contribution in [3.05, 3.63) is 88.5 Å². The summed E-state index contributed by atoms with van der Waals surface area (Å²) in [7, 11) is 0. The molecule has 26 heavy (non-hydrogen) atoms. The van der Waals surface area contributed by atoms with Gasteiger partial charge in [-0.25, -0.2) is 17.6 Å². The minimum Gasteiger partial charge on any atom is -0.207 e. The second-order valence-corrected chi connectivity index (χ2v) is 6.52. The molecule has 0 aliphatic rings. The van der Waals surface area contributed by atoms with Gasteiger partial charge in [-0.15, -0.1) is 0 Å². The number of rotatable bonds is 3. The predicted octanol–water partition coefficient (Wildman–Crippen LogP) is 3.68. The van der Waals surface area contributed by atoms with Gasteiger partial charge in [-0.1, -0.05) is 46.4 Å². The van der Waals surface area contributed by atoms with Crippen molar-refractivity contribution in [2.75, 3.05) is 0 Å². The number of halogens is 4. The lowest BCUT2D eigenvalue weighted by molar-refractivity contribution is 0.593. The van der Waals surface area contributed by atoms with Gasteiger partial charge in [0.05, 0.1) is 0 Å². The lowest BCUT2D eigenvalue weighted by Crippen LogP contribution is -2.58. The molecule has 0 nitrogen and oxygen atoms in total. The molecular formula is C21H17BF4. The lowest BCUT2D eigenvalue weighted by atomic mass is 9.35. The molecule has 0 atom stereocenters. The molecule has 0 heterocycles. The molecule has 132 valence electrons. The van der Waals surface area contributed by atoms with Crippen molar-refractivity contribution < 1.29 is 17.6 Å². The van der Waals surface area contributed by atoms with E-state index in [-0.39, 0.29) is 10.9 Å². The summed E-state index contributed by atoms with van der Waals surface area (Å²) in [5.41, 5.74) is 2.20. The third kappa shape index (κ3) is 3.14. The number of hydrogen-bond acceptors (Lipinski definition) is 0. The van der Waals surface area contributed by atoms with Gasteiger partial charge in [0.15, 0.2) is 0 Å². The van der Waals surface area contributed by atoms with Crippen LogP contribution in [0, 0.1) is 44.0 Å². The fourth-order valence-corrected chi connectivity index (χ4v) is 3.65. The van der Waals surface area contributed by atoms with Crippen LogP contribution in [0.25, 0.3) is 0 Å². The molecule has 0 unspecified atom stereocenters. The van der Waals surface area contributed by atoms with Crippen LogP contribution in [0.4, 0.5) is 17.6 Å². The SMILES string of the molecule is Cc1cc(C)c(B(c2c(F)cccc2F)c2c(F)cccc2F)c(C)c1. The average molecular weight is 356 g/mol. The van der Waals surface area contributed by atoms with Gasteiger partial charge in [-0.2, -0.15) is 0 Å². The highest BCUT2D eigenvalue weighted by Crippen LogP contribution is 2.13. The molecule has 0 aliphatic heterocycles. The van der Waals surface area contributed by atoms with Crippen LogP contribution in [0.1, 0.15) is 16.7 Å². The van der Waals surface area contributed by atoms with E-state index in [9.17, 15) is 17.6 Å². The van der Waals surface area contributed by atoms with Gasteiger partial charge in [0, 0.05) is 10.9 Å². The van der Waals surface area contributed by atoms with E-state index in [2.05, 4.69) is 0 Å². The number of benzene rings is 3. The Bertz CT molecular complexity index is 867. The van der Waals surface area contributed by atoms with Crippen LogP contribution >= 0.6 is 0 Å². The Kier molecular flexibility index (Phi) is 4.90. The smallest absolute Gasteiger partial charge is 0.207 e. The minimum absolute atomic E-state index is 0.355. The highest BCUT2D eigenvalue weighted by atomic mass is 19.1. The molecule has 0 aliphatic carbocycles. The van der Waals surface area contributed by atoms with Crippen molar-refractivity contribution >= 4 is 23.1 Å². The fraction of sp³-hybridized carbons (Fsp3) is 0.143. The summed E-state index contributed by atoms with van der Waals surface area (Å²) in [6.45, 7) is 4.23. The van der Waals surface area contributed by atoms with E-state index in [1.54, 1.807) is 13.8 Å². The van der Waals surface area contributed by atoms with E-state index in [0.29, 0.717) is 5.46 Å². The molecule has 5 heteroatoms. The van der Waals surface area contributed by atoms with E-state index < -0.39 is 30.0 Å². The molecule has 3 rings (SSSR count). The van der Waals surface area contributed by atoms with Gasteiger partial charge in [-0.3, -0.25) is 0 Å². The monoisotopic (exact) mass is 356 g/mol. The lowest BCUT2D eigenvalue weighted by Gasteiger charge is -2.22. The quantitative estimate of drug-likeness (QED) is 0.496. The second-order valence-electron chi connectivity index (χ2n) is 6.52. The maximum absolute atomic E-state index is 14.6. The van der Waals surface area contributed by atoms with Crippen molar-refractivity contribution in [1.82, 2.24) is 0 Å². The van der Waals surface area contributed by atoms with E-state index >= 15 is 0 Å². The standard InChI is InChI=1S/C21H17BF4/c1-12-10-13(2)19(14(3)11-12)22(20-15(23)6-4-7-16(20)24)21-17(25)8-5-9-18(21)26/h4-11H,1-3H3.